The number of ether oxygens (including phenoxy) is 1. The number of halogens is 4. The molecule has 0 bridgehead atoms. The average molecular weight is 524 g/mol. The number of nitrogens with zero attached hydrogens (tertiary/aromatic N) is 2. The first-order valence-corrected chi connectivity index (χ1v) is 11.2. The van der Waals surface area contributed by atoms with Gasteiger partial charge in [0.2, 0.25) is 11.8 Å². The first kappa shape index (κ1) is 27.4. The molecule has 0 saturated carbocycles. The Bertz CT molecular complexity index is 1220. The summed E-state index contributed by atoms with van der Waals surface area (Å²) in [5, 5.41) is 13.0. The lowest BCUT2D eigenvalue weighted by atomic mass is 10.1. The van der Waals surface area contributed by atoms with Gasteiger partial charge in [-0.3, -0.25) is 24.8 Å². The third kappa shape index (κ3) is 6.71. The predicted octanol–water partition coefficient (Wildman–Crippen LogP) is 2.58. The molecule has 2 heterocycles. The number of carbonyl (C=O) groups is 3. The number of nitrogens with two attached hydrogens (primary N) is 1. The average Bonchev–Trinajstić information content (AvgIpc) is 3.34. The van der Waals surface area contributed by atoms with Crippen LogP contribution in [0.5, 0.6) is 5.75 Å². The molecule has 3 rings (SSSR count). The maximum Gasteiger partial charge on any atom is 0.573 e. The predicted molar refractivity (Wildman–Crippen MR) is 125 cm³/mol. The minimum Gasteiger partial charge on any atom is -0.403 e. The van der Waals surface area contributed by atoms with Gasteiger partial charge in [-0.2, -0.15) is 0 Å². The molecule has 1 saturated heterocycles. The Morgan fingerprint density at radius 2 is 2.00 bits per heavy atom. The van der Waals surface area contributed by atoms with E-state index in [1.165, 1.54) is 17.2 Å². The van der Waals surface area contributed by atoms with Gasteiger partial charge >= 0.3 is 6.36 Å². The number of aryl methyl sites for hydroxylation is 1. The van der Waals surface area contributed by atoms with E-state index in [2.05, 4.69) is 20.4 Å². The van der Waals surface area contributed by atoms with Crippen molar-refractivity contribution in [2.45, 2.75) is 38.6 Å². The summed E-state index contributed by atoms with van der Waals surface area (Å²) in [6.07, 6.45) is -2.50. The highest BCUT2D eigenvalue weighted by Crippen LogP contribution is 2.30. The molecule has 0 unspecified atom stereocenters. The highest BCUT2D eigenvalue weighted by atomic mass is 19.4. The normalized spacial score (nSPS) is 15.3. The summed E-state index contributed by atoms with van der Waals surface area (Å²) >= 11 is 0. The Hall–Kier alpha value is -4.23. The van der Waals surface area contributed by atoms with Gasteiger partial charge in [-0.15, -0.1) is 13.2 Å². The van der Waals surface area contributed by atoms with Crippen LogP contribution < -0.4 is 21.1 Å². The molecule has 1 fully saturated rings. The van der Waals surface area contributed by atoms with Gasteiger partial charge < -0.3 is 26.0 Å². The van der Waals surface area contributed by atoms with E-state index in [1.807, 2.05) is 6.92 Å². The van der Waals surface area contributed by atoms with Gasteiger partial charge in [0.1, 0.15) is 11.8 Å². The number of rotatable bonds is 9. The van der Waals surface area contributed by atoms with E-state index in [0.29, 0.717) is 18.5 Å². The van der Waals surface area contributed by atoms with Crippen LogP contribution in [0, 0.1) is 11.2 Å². The molecule has 198 valence electrons. The van der Waals surface area contributed by atoms with E-state index in [-0.39, 0.29) is 30.8 Å². The Morgan fingerprint density at radius 1 is 1.27 bits per heavy atom. The van der Waals surface area contributed by atoms with Crippen LogP contribution in [0.1, 0.15) is 31.0 Å². The summed E-state index contributed by atoms with van der Waals surface area (Å²) in [5.74, 6) is -4.76. The zero-order valence-electron chi connectivity index (χ0n) is 19.6. The number of nitrogens with one attached hydrogen (secondary N) is 3. The number of likely N-dealkylation sites (tertiary alicyclic amines) is 1. The minimum atomic E-state index is -5.12. The fraction of sp³-hybridized carbons (Fsp3) is 0.348. The smallest absolute Gasteiger partial charge is 0.403 e. The Kier molecular flexibility index (Phi) is 8.30. The van der Waals surface area contributed by atoms with Crippen LogP contribution in [0.3, 0.4) is 0 Å². The molecule has 1 aliphatic rings. The summed E-state index contributed by atoms with van der Waals surface area (Å²) in [6, 6.07) is 3.44. The van der Waals surface area contributed by atoms with Crippen molar-refractivity contribution in [3.8, 4) is 5.75 Å². The SMILES string of the molecule is CCc1cc(C(=N)C(N)=O)c(NCC(=O)N2CCC[C@H]2C(=O)Nc2cccc(OC(F)(F)F)c2F)cn1. The Labute approximate surface area is 208 Å². The molecule has 1 atom stereocenters. The molecule has 1 aliphatic heterocycles. The monoisotopic (exact) mass is 524 g/mol. The number of aromatic nitrogens is 1. The number of hydrogen-bond acceptors (Lipinski definition) is 7. The van der Waals surface area contributed by atoms with E-state index >= 15 is 0 Å². The van der Waals surface area contributed by atoms with Crippen molar-refractivity contribution in [3.05, 3.63) is 47.5 Å². The van der Waals surface area contributed by atoms with Gasteiger partial charge in [0.15, 0.2) is 11.6 Å². The number of amides is 3. The maximum absolute atomic E-state index is 14.4. The molecule has 1 aromatic carbocycles. The number of primary amides is 1. The van der Waals surface area contributed by atoms with Gasteiger partial charge in [-0.25, -0.2) is 4.39 Å². The van der Waals surface area contributed by atoms with Gasteiger partial charge in [-0.1, -0.05) is 13.0 Å². The molecule has 14 heteroatoms. The van der Waals surface area contributed by atoms with Crippen LogP contribution in [0.15, 0.2) is 30.5 Å². The van der Waals surface area contributed by atoms with Crippen LogP contribution in [0.2, 0.25) is 0 Å². The third-order valence-electron chi connectivity index (χ3n) is 5.59. The second-order valence-electron chi connectivity index (χ2n) is 8.07. The van der Waals surface area contributed by atoms with Crippen LogP contribution >= 0.6 is 0 Å². The minimum absolute atomic E-state index is 0.166. The topological polar surface area (TPSA) is 150 Å². The molecule has 37 heavy (non-hydrogen) atoms. The zero-order chi connectivity index (χ0) is 27.3. The van der Waals surface area contributed by atoms with Crippen LogP contribution in [0.4, 0.5) is 28.9 Å². The number of alkyl halides is 3. The van der Waals surface area contributed by atoms with Gasteiger partial charge in [-0.05, 0) is 37.5 Å². The molecule has 1 aromatic heterocycles. The lowest BCUT2D eigenvalue weighted by Crippen LogP contribution is -2.45. The van der Waals surface area contributed by atoms with Crippen molar-refractivity contribution in [2.24, 2.45) is 5.73 Å². The summed E-state index contributed by atoms with van der Waals surface area (Å²) in [6.45, 7) is 1.73. The molecular weight excluding hydrogens is 500 g/mol. The second kappa shape index (κ2) is 11.2. The van der Waals surface area contributed by atoms with Crippen molar-refractivity contribution >= 4 is 34.8 Å². The van der Waals surface area contributed by atoms with E-state index in [0.717, 1.165) is 18.2 Å². The number of anilines is 2. The van der Waals surface area contributed by atoms with Crippen molar-refractivity contribution in [3.63, 3.8) is 0 Å². The molecule has 0 aliphatic carbocycles. The van der Waals surface area contributed by atoms with Crippen molar-refractivity contribution in [1.29, 1.82) is 5.41 Å². The highest BCUT2D eigenvalue weighted by molar-refractivity contribution is 6.44. The Balaban J connectivity index is 1.70. The number of pyridine rings is 1. The van der Waals surface area contributed by atoms with Gasteiger partial charge in [0.05, 0.1) is 24.1 Å². The van der Waals surface area contributed by atoms with Crippen molar-refractivity contribution < 1.29 is 36.7 Å². The van der Waals surface area contributed by atoms with E-state index in [1.54, 1.807) is 0 Å². The zero-order valence-corrected chi connectivity index (χ0v) is 19.6. The molecule has 2 aromatic rings. The summed E-state index contributed by atoms with van der Waals surface area (Å²) < 4.78 is 55.5. The highest BCUT2D eigenvalue weighted by Gasteiger charge is 2.36. The summed E-state index contributed by atoms with van der Waals surface area (Å²) in [7, 11) is 0. The molecule has 3 amide bonds. The van der Waals surface area contributed by atoms with Gasteiger partial charge in [0, 0.05) is 17.8 Å². The number of benzene rings is 1. The summed E-state index contributed by atoms with van der Waals surface area (Å²) in [4.78, 5) is 42.7. The van der Waals surface area contributed by atoms with Crippen molar-refractivity contribution in [1.82, 2.24) is 9.88 Å². The number of hydrogen-bond donors (Lipinski definition) is 4. The lowest BCUT2D eigenvalue weighted by Gasteiger charge is -2.25. The third-order valence-corrected chi connectivity index (χ3v) is 5.59. The molecule has 0 spiro atoms. The molecule has 10 nitrogen and oxygen atoms in total. The molecular formula is C23H24F4N6O4. The van der Waals surface area contributed by atoms with Crippen LogP contribution in [0.25, 0.3) is 0 Å². The fourth-order valence-corrected chi connectivity index (χ4v) is 3.81. The van der Waals surface area contributed by atoms with E-state index in [9.17, 15) is 31.9 Å². The van der Waals surface area contributed by atoms with Gasteiger partial charge in [0.25, 0.3) is 5.91 Å². The quantitative estimate of drug-likeness (QED) is 0.293. The van der Waals surface area contributed by atoms with E-state index < -0.39 is 53.1 Å². The maximum atomic E-state index is 14.4. The van der Waals surface area contributed by atoms with E-state index in [4.69, 9.17) is 11.1 Å². The summed E-state index contributed by atoms with van der Waals surface area (Å²) in [5.41, 5.74) is 5.22. The molecule has 0 radical (unpaired) electrons. The van der Waals surface area contributed by atoms with Crippen LogP contribution in [-0.4, -0.2) is 58.8 Å². The fourth-order valence-electron chi connectivity index (χ4n) is 3.81. The second-order valence-corrected chi connectivity index (χ2v) is 8.07. The largest absolute Gasteiger partial charge is 0.573 e. The lowest BCUT2D eigenvalue weighted by molar-refractivity contribution is -0.275. The molecule has 5 N–H and O–H groups in total. The number of carbonyl (C=O) groups excluding carboxylic acids is 3. The standard InChI is InChI=1S/C23H24F4N6O4/c1-2-12-9-13(20(28)21(29)35)15(10-30-12)31-11-18(34)33-8-4-6-16(33)22(36)32-14-5-3-7-17(19(14)24)37-23(25,26)27/h3,5,7,9-10,16,28,31H,2,4,6,8,11H2,1H3,(H2,29,35)(H,32,36)/t16-/m0/s1. The van der Waals surface area contributed by atoms with Crippen LogP contribution in [-0.2, 0) is 20.8 Å². The Morgan fingerprint density at radius 3 is 2.65 bits per heavy atom. The first-order valence-electron chi connectivity index (χ1n) is 11.2. The first-order chi connectivity index (χ1) is 17.4. The van der Waals surface area contributed by atoms with Crippen molar-refractivity contribution in [2.75, 3.05) is 23.7 Å².